The van der Waals surface area contributed by atoms with Crippen LogP contribution in [0.5, 0.6) is 0 Å². The third kappa shape index (κ3) is 2.31. The highest BCUT2D eigenvalue weighted by Crippen LogP contribution is 2.38. The van der Waals surface area contributed by atoms with Gasteiger partial charge in [0.05, 0.1) is 5.69 Å². The van der Waals surface area contributed by atoms with E-state index in [0.717, 1.165) is 42.4 Å². The Morgan fingerprint density at radius 1 is 1.45 bits per heavy atom. The van der Waals surface area contributed by atoms with E-state index in [4.69, 9.17) is 4.98 Å². The molecule has 0 unspecified atom stereocenters. The zero-order valence-electron chi connectivity index (χ0n) is 11.7. The van der Waals surface area contributed by atoms with E-state index < -0.39 is 0 Å². The molecule has 2 heterocycles. The minimum atomic E-state index is -0.182. The summed E-state index contributed by atoms with van der Waals surface area (Å²) >= 11 is 1.71. The third-order valence-corrected chi connectivity index (χ3v) is 4.73. The van der Waals surface area contributed by atoms with Gasteiger partial charge in [-0.25, -0.2) is 9.37 Å². The van der Waals surface area contributed by atoms with E-state index in [1.54, 1.807) is 17.4 Å². The number of hydrogen-bond acceptors (Lipinski definition) is 4. The minimum Gasteiger partial charge on any atom is -0.317 e. The van der Waals surface area contributed by atoms with Crippen LogP contribution in [0, 0.1) is 5.82 Å². The summed E-state index contributed by atoms with van der Waals surface area (Å²) < 4.78 is 13.5. The van der Waals surface area contributed by atoms with Crippen molar-refractivity contribution in [3.63, 3.8) is 0 Å². The zero-order chi connectivity index (χ0) is 14.1. The lowest BCUT2D eigenvalue weighted by Gasteiger charge is -2.15. The molecule has 3 rings (SSSR count). The average molecular weight is 291 g/mol. The molecule has 1 aromatic carbocycles. The number of halogens is 1. The number of rotatable bonds is 4. The Morgan fingerprint density at radius 2 is 2.30 bits per heavy atom. The van der Waals surface area contributed by atoms with E-state index in [1.165, 1.54) is 16.5 Å². The molecular formula is C15H18FN3S. The van der Waals surface area contributed by atoms with Crippen LogP contribution in [0.25, 0.3) is 0 Å². The van der Waals surface area contributed by atoms with Crippen LogP contribution in [-0.4, -0.2) is 18.6 Å². The smallest absolute Gasteiger partial charge is 0.190 e. The molecule has 1 aliphatic rings. The average Bonchev–Trinajstić information content (AvgIpc) is 3.02. The summed E-state index contributed by atoms with van der Waals surface area (Å²) in [6.07, 6.45) is 1.88. The Kier molecular flexibility index (Phi) is 3.72. The lowest BCUT2D eigenvalue weighted by molar-refractivity contribution is 0.628. The number of nitrogens with one attached hydrogen (secondary N) is 1. The number of aromatic nitrogens is 1. The third-order valence-electron chi connectivity index (χ3n) is 3.61. The second-order valence-electron chi connectivity index (χ2n) is 4.92. The first kappa shape index (κ1) is 13.5. The van der Waals surface area contributed by atoms with Gasteiger partial charge in [-0.2, -0.15) is 0 Å². The van der Waals surface area contributed by atoms with E-state index in [0.29, 0.717) is 0 Å². The Balaban J connectivity index is 1.97. The first-order valence-electron chi connectivity index (χ1n) is 6.92. The molecule has 0 fully saturated rings. The summed E-state index contributed by atoms with van der Waals surface area (Å²) in [5.41, 5.74) is 3.32. The molecule has 2 aromatic rings. The Morgan fingerprint density at radius 3 is 3.05 bits per heavy atom. The molecule has 5 heteroatoms. The van der Waals surface area contributed by atoms with Crippen LogP contribution in [0.4, 0.5) is 15.2 Å². The largest absolute Gasteiger partial charge is 0.317 e. The number of thiazole rings is 1. The molecule has 1 aliphatic heterocycles. The van der Waals surface area contributed by atoms with E-state index >= 15 is 0 Å². The van der Waals surface area contributed by atoms with Gasteiger partial charge in [-0.1, -0.05) is 24.3 Å². The number of nitrogens with zero attached hydrogens (tertiary/aromatic N) is 2. The molecule has 0 aliphatic carbocycles. The van der Waals surface area contributed by atoms with Crippen LogP contribution in [-0.2, 0) is 19.4 Å². The highest BCUT2D eigenvalue weighted by Gasteiger charge is 2.24. The summed E-state index contributed by atoms with van der Waals surface area (Å²) in [6, 6.07) is 5.04. The van der Waals surface area contributed by atoms with Crippen molar-refractivity contribution >= 4 is 22.2 Å². The summed E-state index contributed by atoms with van der Waals surface area (Å²) in [7, 11) is 1.94. The van der Waals surface area contributed by atoms with Gasteiger partial charge in [0.25, 0.3) is 0 Å². The maximum absolute atomic E-state index is 13.5. The van der Waals surface area contributed by atoms with Gasteiger partial charge >= 0.3 is 0 Å². The van der Waals surface area contributed by atoms with Gasteiger partial charge in [0, 0.05) is 23.7 Å². The topological polar surface area (TPSA) is 28.2 Å². The van der Waals surface area contributed by atoms with Crippen LogP contribution in [0.2, 0.25) is 0 Å². The number of benzene rings is 1. The van der Waals surface area contributed by atoms with Gasteiger partial charge in [0.15, 0.2) is 5.13 Å². The first-order valence-corrected chi connectivity index (χ1v) is 7.73. The van der Waals surface area contributed by atoms with Crippen molar-refractivity contribution in [3.8, 4) is 0 Å². The fourth-order valence-corrected chi connectivity index (χ4v) is 3.81. The van der Waals surface area contributed by atoms with E-state index in [9.17, 15) is 4.39 Å². The summed E-state index contributed by atoms with van der Waals surface area (Å²) in [5, 5.41) is 4.17. The summed E-state index contributed by atoms with van der Waals surface area (Å²) in [4.78, 5) is 8.15. The molecule has 0 amide bonds. The van der Waals surface area contributed by atoms with Crippen molar-refractivity contribution in [1.29, 1.82) is 0 Å². The molecule has 1 N–H and O–H groups in total. The van der Waals surface area contributed by atoms with E-state index in [2.05, 4.69) is 17.1 Å². The number of hydrogen-bond donors (Lipinski definition) is 1. The molecule has 0 spiro atoms. The summed E-state index contributed by atoms with van der Waals surface area (Å²) in [6.45, 7) is 3.84. The van der Waals surface area contributed by atoms with Crippen LogP contribution in [0.1, 0.15) is 23.1 Å². The van der Waals surface area contributed by atoms with Gasteiger partial charge < -0.3 is 10.2 Å². The van der Waals surface area contributed by atoms with Crippen LogP contribution < -0.4 is 10.2 Å². The molecule has 3 nitrogen and oxygen atoms in total. The standard InChI is InChI=1S/C15H18FN3S/c1-3-12-14(9-17-2)20-15(18-12)19-7-6-10-4-5-11(16)8-13(10)19/h4-5,8,17H,3,6-7,9H2,1-2H3. The molecule has 0 radical (unpaired) electrons. The predicted molar refractivity (Wildman–Crippen MR) is 81.4 cm³/mol. The molecule has 0 saturated heterocycles. The molecule has 0 bridgehead atoms. The van der Waals surface area contributed by atoms with E-state index in [-0.39, 0.29) is 5.82 Å². The Labute approximate surface area is 122 Å². The van der Waals surface area contributed by atoms with Crippen LogP contribution >= 0.6 is 11.3 Å². The fraction of sp³-hybridized carbons (Fsp3) is 0.400. The van der Waals surface area contributed by atoms with Crippen molar-refractivity contribution in [1.82, 2.24) is 10.3 Å². The summed E-state index contributed by atoms with van der Waals surface area (Å²) in [5.74, 6) is -0.182. The van der Waals surface area contributed by atoms with Gasteiger partial charge in [-0.05, 0) is 37.6 Å². The molecular weight excluding hydrogens is 273 g/mol. The van der Waals surface area contributed by atoms with Crippen molar-refractivity contribution in [3.05, 3.63) is 40.2 Å². The predicted octanol–water partition coefficient (Wildman–Crippen LogP) is 3.26. The lowest BCUT2D eigenvalue weighted by Crippen LogP contribution is -2.13. The normalized spacial score (nSPS) is 13.8. The number of aryl methyl sites for hydroxylation is 1. The van der Waals surface area contributed by atoms with Crippen molar-refractivity contribution in [2.45, 2.75) is 26.3 Å². The van der Waals surface area contributed by atoms with Crippen LogP contribution in [0.3, 0.4) is 0 Å². The maximum Gasteiger partial charge on any atom is 0.190 e. The monoisotopic (exact) mass is 291 g/mol. The molecule has 0 atom stereocenters. The molecule has 20 heavy (non-hydrogen) atoms. The number of fused-ring (bicyclic) bond motifs is 1. The van der Waals surface area contributed by atoms with Gasteiger partial charge in [0.1, 0.15) is 5.82 Å². The molecule has 1 aromatic heterocycles. The second kappa shape index (κ2) is 5.50. The van der Waals surface area contributed by atoms with Crippen LogP contribution in [0.15, 0.2) is 18.2 Å². The van der Waals surface area contributed by atoms with E-state index in [1.807, 2.05) is 13.1 Å². The van der Waals surface area contributed by atoms with Gasteiger partial charge in [-0.3, -0.25) is 0 Å². The molecule has 106 valence electrons. The van der Waals surface area contributed by atoms with Crippen molar-refractivity contribution in [2.24, 2.45) is 0 Å². The highest BCUT2D eigenvalue weighted by molar-refractivity contribution is 7.15. The maximum atomic E-state index is 13.5. The number of anilines is 2. The molecule has 0 saturated carbocycles. The van der Waals surface area contributed by atoms with Crippen molar-refractivity contribution in [2.75, 3.05) is 18.5 Å². The first-order chi connectivity index (χ1) is 9.72. The SMILES string of the molecule is CCc1nc(N2CCc3ccc(F)cc32)sc1CNC. The minimum absolute atomic E-state index is 0.182. The van der Waals surface area contributed by atoms with Gasteiger partial charge in [0.2, 0.25) is 0 Å². The lowest BCUT2D eigenvalue weighted by atomic mass is 10.2. The Bertz CT molecular complexity index is 624. The highest BCUT2D eigenvalue weighted by atomic mass is 32.1. The van der Waals surface area contributed by atoms with Gasteiger partial charge in [-0.15, -0.1) is 0 Å². The quantitative estimate of drug-likeness (QED) is 0.937. The zero-order valence-corrected chi connectivity index (χ0v) is 12.6. The second-order valence-corrected chi connectivity index (χ2v) is 5.99. The fourth-order valence-electron chi connectivity index (χ4n) is 2.61. The van der Waals surface area contributed by atoms with Crippen molar-refractivity contribution < 1.29 is 4.39 Å². The Hall–Kier alpha value is -1.46.